The van der Waals surface area contributed by atoms with Gasteiger partial charge >= 0.3 is 0 Å². The molecule has 1 aliphatic heterocycles. The maximum Gasteiger partial charge on any atom is 0.119 e. The van der Waals surface area contributed by atoms with Gasteiger partial charge < -0.3 is 10.1 Å². The SMILES string of the molecule is CCC1CN(CCOc2ccccc2)C(C)(C)CN1. The van der Waals surface area contributed by atoms with Crippen molar-refractivity contribution < 1.29 is 4.74 Å². The van der Waals surface area contributed by atoms with Crippen molar-refractivity contribution in [2.45, 2.75) is 38.8 Å². The highest BCUT2D eigenvalue weighted by Gasteiger charge is 2.32. The van der Waals surface area contributed by atoms with E-state index in [4.69, 9.17) is 4.74 Å². The van der Waals surface area contributed by atoms with Gasteiger partial charge in [-0.1, -0.05) is 25.1 Å². The van der Waals surface area contributed by atoms with E-state index in [9.17, 15) is 0 Å². The van der Waals surface area contributed by atoms with Crippen LogP contribution in [0.15, 0.2) is 30.3 Å². The van der Waals surface area contributed by atoms with Crippen LogP contribution in [0, 0.1) is 0 Å². The van der Waals surface area contributed by atoms with Gasteiger partial charge in [0.15, 0.2) is 0 Å². The van der Waals surface area contributed by atoms with Crippen molar-refractivity contribution in [3.63, 3.8) is 0 Å². The first-order chi connectivity index (χ1) is 9.12. The molecule has 0 bridgehead atoms. The van der Waals surface area contributed by atoms with Crippen LogP contribution in [0.4, 0.5) is 0 Å². The highest BCUT2D eigenvalue weighted by molar-refractivity contribution is 5.20. The van der Waals surface area contributed by atoms with Gasteiger partial charge in [0, 0.05) is 31.2 Å². The van der Waals surface area contributed by atoms with Gasteiger partial charge in [-0.05, 0) is 32.4 Å². The Morgan fingerprint density at radius 2 is 2.05 bits per heavy atom. The van der Waals surface area contributed by atoms with E-state index in [1.165, 1.54) is 6.42 Å². The lowest BCUT2D eigenvalue weighted by Crippen LogP contribution is -2.62. The minimum absolute atomic E-state index is 0.214. The summed E-state index contributed by atoms with van der Waals surface area (Å²) in [5.74, 6) is 0.961. The molecule has 1 heterocycles. The number of nitrogens with zero attached hydrogens (tertiary/aromatic N) is 1. The molecule has 1 saturated heterocycles. The van der Waals surface area contributed by atoms with Crippen LogP contribution in [-0.4, -0.2) is 42.7 Å². The predicted octanol–water partition coefficient (Wildman–Crippen LogP) is 2.53. The number of piperazine rings is 1. The molecule has 19 heavy (non-hydrogen) atoms. The summed E-state index contributed by atoms with van der Waals surface area (Å²) in [6.45, 7) is 10.7. The number of rotatable bonds is 5. The summed E-state index contributed by atoms with van der Waals surface area (Å²) in [4.78, 5) is 2.54. The van der Waals surface area contributed by atoms with Crippen LogP contribution < -0.4 is 10.1 Å². The van der Waals surface area contributed by atoms with E-state index >= 15 is 0 Å². The van der Waals surface area contributed by atoms with Gasteiger partial charge in [-0.25, -0.2) is 0 Å². The zero-order valence-corrected chi connectivity index (χ0v) is 12.4. The second-order valence-electron chi connectivity index (χ2n) is 5.91. The van der Waals surface area contributed by atoms with E-state index in [-0.39, 0.29) is 5.54 Å². The Kier molecular flexibility index (Phi) is 4.83. The monoisotopic (exact) mass is 262 g/mol. The second-order valence-corrected chi connectivity index (χ2v) is 5.91. The third-order valence-corrected chi connectivity index (χ3v) is 3.99. The molecule has 1 aromatic rings. The molecule has 0 spiro atoms. The van der Waals surface area contributed by atoms with Crippen LogP contribution in [0.2, 0.25) is 0 Å². The molecule has 2 rings (SSSR count). The Bertz CT molecular complexity index is 378. The molecule has 1 aromatic carbocycles. The Balaban J connectivity index is 1.83. The van der Waals surface area contributed by atoms with Crippen molar-refractivity contribution in [2.75, 3.05) is 26.2 Å². The Labute approximate surface area is 116 Å². The van der Waals surface area contributed by atoms with Crippen molar-refractivity contribution in [1.29, 1.82) is 0 Å². The zero-order valence-electron chi connectivity index (χ0n) is 12.4. The van der Waals surface area contributed by atoms with Crippen LogP contribution in [0.1, 0.15) is 27.2 Å². The Hall–Kier alpha value is -1.06. The first-order valence-electron chi connectivity index (χ1n) is 7.28. The molecular formula is C16H26N2O. The largest absolute Gasteiger partial charge is 0.492 e. The number of ether oxygens (including phenoxy) is 1. The molecule has 1 atom stereocenters. The van der Waals surface area contributed by atoms with Crippen LogP contribution >= 0.6 is 0 Å². The minimum Gasteiger partial charge on any atom is -0.492 e. The molecule has 1 N–H and O–H groups in total. The lowest BCUT2D eigenvalue weighted by Gasteiger charge is -2.46. The third-order valence-electron chi connectivity index (χ3n) is 3.99. The molecule has 3 heteroatoms. The topological polar surface area (TPSA) is 24.5 Å². The maximum absolute atomic E-state index is 5.81. The molecule has 0 radical (unpaired) electrons. The molecule has 0 aliphatic carbocycles. The van der Waals surface area contributed by atoms with Gasteiger partial charge in [-0.15, -0.1) is 0 Å². The average molecular weight is 262 g/mol. The minimum atomic E-state index is 0.214. The summed E-state index contributed by atoms with van der Waals surface area (Å²) in [5.41, 5.74) is 0.214. The quantitative estimate of drug-likeness (QED) is 0.882. The second kappa shape index (κ2) is 6.40. The average Bonchev–Trinajstić information content (AvgIpc) is 2.42. The first kappa shape index (κ1) is 14.4. The van der Waals surface area contributed by atoms with Gasteiger partial charge in [0.2, 0.25) is 0 Å². The Morgan fingerprint density at radius 1 is 1.32 bits per heavy atom. The lowest BCUT2D eigenvalue weighted by atomic mass is 9.96. The molecule has 1 unspecified atom stereocenters. The first-order valence-corrected chi connectivity index (χ1v) is 7.28. The molecule has 1 fully saturated rings. The van der Waals surface area contributed by atoms with Crippen LogP contribution in [-0.2, 0) is 0 Å². The Morgan fingerprint density at radius 3 is 2.74 bits per heavy atom. The van der Waals surface area contributed by atoms with Crippen LogP contribution in [0.3, 0.4) is 0 Å². The fraction of sp³-hybridized carbons (Fsp3) is 0.625. The van der Waals surface area contributed by atoms with Gasteiger partial charge in [-0.2, -0.15) is 0 Å². The van der Waals surface area contributed by atoms with E-state index in [0.29, 0.717) is 6.04 Å². The van der Waals surface area contributed by atoms with Gasteiger partial charge in [0.05, 0.1) is 0 Å². The molecule has 106 valence electrons. The van der Waals surface area contributed by atoms with E-state index in [1.807, 2.05) is 30.3 Å². The lowest BCUT2D eigenvalue weighted by molar-refractivity contribution is 0.0521. The number of hydrogen-bond acceptors (Lipinski definition) is 3. The molecule has 0 aromatic heterocycles. The van der Waals surface area contributed by atoms with Crippen molar-refractivity contribution in [3.8, 4) is 5.75 Å². The van der Waals surface area contributed by atoms with Crippen LogP contribution in [0.5, 0.6) is 5.75 Å². The van der Waals surface area contributed by atoms with Crippen molar-refractivity contribution >= 4 is 0 Å². The standard InChI is InChI=1S/C16H26N2O/c1-4-14-12-18(16(2,3)13-17-14)10-11-19-15-8-6-5-7-9-15/h5-9,14,17H,4,10-13H2,1-3H3. The van der Waals surface area contributed by atoms with E-state index in [0.717, 1.165) is 32.0 Å². The number of para-hydroxylation sites is 1. The summed E-state index contributed by atoms with van der Waals surface area (Å²) in [7, 11) is 0. The number of hydrogen-bond donors (Lipinski definition) is 1. The summed E-state index contributed by atoms with van der Waals surface area (Å²) < 4.78 is 5.81. The summed E-state index contributed by atoms with van der Waals surface area (Å²) >= 11 is 0. The highest BCUT2D eigenvalue weighted by Crippen LogP contribution is 2.19. The molecule has 0 saturated carbocycles. The molecule has 1 aliphatic rings. The van der Waals surface area contributed by atoms with Crippen molar-refractivity contribution in [1.82, 2.24) is 10.2 Å². The van der Waals surface area contributed by atoms with Crippen molar-refractivity contribution in [2.24, 2.45) is 0 Å². The smallest absolute Gasteiger partial charge is 0.119 e. The maximum atomic E-state index is 5.81. The zero-order chi connectivity index (χ0) is 13.7. The number of nitrogens with one attached hydrogen (secondary N) is 1. The van der Waals surface area contributed by atoms with E-state index in [1.54, 1.807) is 0 Å². The number of benzene rings is 1. The van der Waals surface area contributed by atoms with Crippen LogP contribution in [0.25, 0.3) is 0 Å². The molecule has 3 nitrogen and oxygen atoms in total. The summed E-state index contributed by atoms with van der Waals surface area (Å²) in [5, 5.41) is 3.61. The summed E-state index contributed by atoms with van der Waals surface area (Å²) in [6.07, 6.45) is 1.19. The summed E-state index contributed by atoms with van der Waals surface area (Å²) in [6, 6.07) is 10.7. The van der Waals surface area contributed by atoms with E-state index < -0.39 is 0 Å². The fourth-order valence-electron chi connectivity index (χ4n) is 2.54. The van der Waals surface area contributed by atoms with Crippen molar-refractivity contribution in [3.05, 3.63) is 30.3 Å². The van der Waals surface area contributed by atoms with Gasteiger partial charge in [0.25, 0.3) is 0 Å². The molecular weight excluding hydrogens is 236 g/mol. The van der Waals surface area contributed by atoms with E-state index in [2.05, 4.69) is 31.0 Å². The van der Waals surface area contributed by atoms with Gasteiger partial charge in [-0.3, -0.25) is 4.90 Å². The highest BCUT2D eigenvalue weighted by atomic mass is 16.5. The molecule has 0 amide bonds. The fourth-order valence-corrected chi connectivity index (χ4v) is 2.54. The van der Waals surface area contributed by atoms with Gasteiger partial charge in [0.1, 0.15) is 12.4 Å². The normalized spacial score (nSPS) is 23.2. The third kappa shape index (κ3) is 3.95. The predicted molar refractivity (Wildman–Crippen MR) is 79.7 cm³/mol.